The molecule has 8 nitrogen and oxygen atoms in total. The van der Waals surface area contributed by atoms with Gasteiger partial charge in [-0.05, 0) is 6.92 Å². The SMILES string of the molecule is CC(NC(=O)CC(N)=NO)c1ncn[nH]1. The molecule has 8 heteroatoms. The van der Waals surface area contributed by atoms with Gasteiger partial charge in [0.1, 0.15) is 18.0 Å². The monoisotopic (exact) mass is 212 g/mol. The number of H-pyrrole nitrogens is 1. The summed E-state index contributed by atoms with van der Waals surface area (Å²) in [6, 6.07) is -0.300. The van der Waals surface area contributed by atoms with Gasteiger partial charge in [0.05, 0.1) is 12.5 Å². The molecule has 0 aliphatic carbocycles. The van der Waals surface area contributed by atoms with E-state index in [-0.39, 0.29) is 24.2 Å². The van der Waals surface area contributed by atoms with Gasteiger partial charge in [0.15, 0.2) is 0 Å². The van der Waals surface area contributed by atoms with E-state index < -0.39 is 0 Å². The Morgan fingerprint density at radius 2 is 2.60 bits per heavy atom. The van der Waals surface area contributed by atoms with E-state index in [1.165, 1.54) is 6.33 Å². The number of aromatic amines is 1. The van der Waals surface area contributed by atoms with E-state index in [4.69, 9.17) is 10.9 Å². The highest BCUT2D eigenvalue weighted by atomic mass is 16.4. The molecular formula is C7H12N6O2. The van der Waals surface area contributed by atoms with Crippen LogP contribution in [0, 0.1) is 0 Å². The van der Waals surface area contributed by atoms with Crippen molar-refractivity contribution in [1.29, 1.82) is 0 Å². The number of amides is 1. The van der Waals surface area contributed by atoms with Gasteiger partial charge in [-0.1, -0.05) is 5.16 Å². The van der Waals surface area contributed by atoms with Crippen LogP contribution in [-0.4, -0.2) is 32.1 Å². The summed E-state index contributed by atoms with van der Waals surface area (Å²) in [5.74, 6) is 0.0503. The topological polar surface area (TPSA) is 129 Å². The van der Waals surface area contributed by atoms with Crippen molar-refractivity contribution < 1.29 is 10.0 Å². The normalized spacial score (nSPS) is 13.5. The van der Waals surface area contributed by atoms with Gasteiger partial charge >= 0.3 is 0 Å². The summed E-state index contributed by atoms with van der Waals surface area (Å²) >= 11 is 0. The van der Waals surface area contributed by atoms with Gasteiger partial charge in [-0.3, -0.25) is 9.89 Å². The molecular weight excluding hydrogens is 200 g/mol. The Labute approximate surface area is 85.6 Å². The molecule has 1 aromatic rings. The molecule has 1 atom stereocenters. The first-order valence-corrected chi connectivity index (χ1v) is 4.24. The zero-order chi connectivity index (χ0) is 11.3. The largest absolute Gasteiger partial charge is 0.409 e. The molecule has 82 valence electrons. The van der Waals surface area contributed by atoms with Crippen molar-refractivity contribution in [2.75, 3.05) is 0 Å². The van der Waals surface area contributed by atoms with Crippen LogP contribution >= 0.6 is 0 Å². The maximum atomic E-state index is 11.3. The fourth-order valence-electron chi connectivity index (χ4n) is 0.984. The standard InChI is InChI=1S/C7H12N6O2/c1-4(7-9-3-10-12-7)11-6(14)2-5(8)13-15/h3-4,15H,2H2,1H3,(H2,8,13)(H,11,14)(H,9,10,12). The molecule has 1 rings (SSSR count). The van der Waals surface area contributed by atoms with E-state index in [2.05, 4.69) is 25.7 Å². The highest BCUT2D eigenvalue weighted by Crippen LogP contribution is 2.03. The molecule has 0 aromatic carbocycles. The predicted molar refractivity (Wildman–Crippen MR) is 51.0 cm³/mol. The van der Waals surface area contributed by atoms with Crippen LogP contribution in [0.25, 0.3) is 0 Å². The molecule has 0 aliphatic rings. The predicted octanol–water partition coefficient (Wildman–Crippen LogP) is -0.882. The van der Waals surface area contributed by atoms with E-state index in [9.17, 15) is 4.79 Å². The average Bonchev–Trinajstić information content (AvgIpc) is 2.70. The van der Waals surface area contributed by atoms with Crippen LogP contribution in [0.5, 0.6) is 0 Å². The molecule has 1 heterocycles. The number of carbonyl (C=O) groups is 1. The van der Waals surface area contributed by atoms with Crippen LogP contribution in [0.15, 0.2) is 11.5 Å². The lowest BCUT2D eigenvalue weighted by Gasteiger charge is -2.10. The first kappa shape index (κ1) is 11.0. The fourth-order valence-corrected chi connectivity index (χ4v) is 0.984. The van der Waals surface area contributed by atoms with Gasteiger partial charge < -0.3 is 16.3 Å². The van der Waals surface area contributed by atoms with E-state index in [1.807, 2.05) is 0 Å². The van der Waals surface area contributed by atoms with Crippen LogP contribution in [0.1, 0.15) is 25.2 Å². The summed E-state index contributed by atoms with van der Waals surface area (Å²) in [5.41, 5.74) is 5.17. The summed E-state index contributed by atoms with van der Waals surface area (Å²) in [5, 5.41) is 19.8. The Hall–Kier alpha value is -2.12. The quantitative estimate of drug-likeness (QED) is 0.223. The Balaban J connectivity index is 2.45. The van der Waals surface area contributed by atoms with Gasteiger partial charge in [-0.15, -0.1) is 0 Å². The summed E-state index contributed by atoms with van der Waals surface area (Å²) in [4.78, 5) is 15.1. The number of oxime groups is 1. The lowest BCUT2D eigenvalue weighted by atomic mass is 10.3. The van der Waals surface area contributed by atoms with Crippen molar-refractivity contribution in [2.45, 2.75) is 19.4 Å². The molecule has 0 saturated heterocycles. The number of nitrogens with two attached hydrogens (primary N) is 1. The third kappa shape index (κ3) is 3.25. The summed E-state index contributed by atoms with van der Waals surface area (Å²) in [6.45, 7) is 1.74. The molecule has 0 bridgehead atoms. The van der Waals surface area contributed by atoms with E-state index in [0.717, 1.165) is 0 Å². The second-order valence-electron chi connectivity index (χ2n) is 2.93. The number of carbonyl (C=O) groups excluding carboxylic acids is 1. The Bertz CT molecular complexity index is 346. The lowest BCUT2D eigenvalue weighted by molar-refractivity contribution is -0.120. The summed E-state index contributed by atoms with van der Waals surface area (Å²) in [6.07, 6.45) is 1.19. The van der Waals surface area contributed by atoms with E-state index in [0.29, 0.717) is 5.82 Å². The van der Waals surface area contributed by atoms with Crippen molar-refractivity contribution in [3.8, 4) is 0 Å². The van der Waals surface area contributed by atoms with Crippen molar-refractivity contribution in [1.82, 2.24) is 20.5 Å². The highest BCUT2D eigenvalue weighted by Gasteiger charge is 2.12. The molecule has 0 saturated carbocycles. The maximum Gasteiger partial charge on any atom is 0.228 e. The second-order valence-corrected chi connectivity index (χ2v) is 2.93. The smallest absolute Gasteiger partial charge is 0.228 e. The molecule has 0 radical (unpaired) electrons. The number of aromatic nitrogens is 3. The van der Waals surface area contributed by atoms with Crippen molar-refractivity contribution >= 4 is 11.7 Å². The molecule has 0 fully saturated rings. The maximum absolute atomic E-state index is 11.3. The third-order valence-corrected chi connectivity index (χ3v) is 1.69. The van der Waals surface area contributed by atoms with Gasteiger partial charge in [0, 0.05) is 0 Å². The summed E-state index contributed by atoms with van der Waals surface area (Å²) < 4.78 is 0. The van der Waals surface area contributed by atoms with Gasteiger partial charge in [0.25, 0.3) is 0 Å². The Kier molecular flexibility index (Phi) is 3.61. The number of nitrogens with zero attached hydrogens (tertiary/aromatic N) is 3. The zero-order valence-corrected chi connectivity index (χ0v) is 8.14. The highest BCUT2D eigenvalue weighted by molar-refractivity contribution is 5.98. The minimum absolute atomic E-state index is 0.141. The van der Waals surface area contributed by atoms with Crippen LogP contribution in [-0.2, 0) is 4.79 Å². The van der Waals surface area contributed by atoms with Crippen molar-refractivity contribution in [3.05, 3.63) is 12.2 Å². The van der Waals surface area contributed by atoms with Gasteiger partial charge in [-0.2, -0.15) is 5.10 Å². The number of rotatable bonds is 4. The minimum atomic E-state index is -0.353. The first-order valence-electron chi connectivity index (χ1n) is 4.24. The first-order chi connectivity index (χ1) is 7.13. The number of hydrogen-bond donors (Lipinski definition) is 4. The minimum Gasteiger partial charge on any atom is -0.409 e. The molecule has 15 heavy (non-hydrogen) atoms. The molecule has 1 unspecified atom stereocenters. The van der Waals surface area contributed by atoms with Crippen LogP contribution < -0.4 is 11.1 Å². The zero-order valence-electron chi connectivity index (χ0n) is 8.14. The molecule has 1 amide bonds. The van der Waals surface area contributed by atoms with Crippen molar-refractivity contribution in [2.24, 2.45) is 10.9 Å². The third-order valence-electron chi connectivity index (χ3n) is 1.69. The van der Waals surface area contributed by atoms with Crippen LogP contribution in [0.2, 0.25) is 0 Å². The van der Waals surface area contributed by atoms with Gasteiger partial charge in [0.2, 0.25) is 5.91 Å². The number of nitrogens with one attached hydrogen (secondary N) is 2. The molecule has 1 aromatic heterocycles. The Morgan fingerprint density at radius 1 is 1.87 bits per heavy atom. The van der Waals surface area contributed by atoms with E-state index in [1.54, 1.807) is 6.92 Å². The average molecular weight is 212 g/mol. The van der Waals surface area contributed by atoms with Crippen LogP contribution in [0.4, 0.5) is 0 Å². The Morgan fingerprint density at radius 3 is 3.13 bits per heavy atom. The summed E-state index contributed by atoms with van der Waals surface area (Å²) in [7, 11) is 0. The lowest BCUT2D eigenvalue weighted by Crippen LogP contribution is -2.31. The number of amidine groups is 1. The van der Waals surface area contributed by atoms with Crippen LogP contribution in [0.3, 0.4) is 0 Å². The van der Waals surface area contributed by atoms with Crippen molar-refractivity contribution in [3.63, 3.8) is 0 Å². The molecule has 0 aliphatic heterocycles. The fraction of sp³-hybridized carbons (Fsp3) is 0.429. The van der Waals surface area contributed by atoms with E-state index >= 15 is 0 Å². The second kappa shape index (κ2) is 4.94. The number of hydrogen-bond acceptors (Lipinski definition) is 5. The van der Waals surface area contributed by atoms with Gasteiger partial charge in [-0.25, -0.2) is 4.98 Å². The molecule has 5 N–H and O–H groups in total. The molecule has 0 spiro atoms.